The first-order valence-corrected chi connectivity index (χ1v) is 14.2. The molecule has 10 heteroatoms. The van der Waals surface area contributed by atoms with Gasteiger partial charge in [0.15, 0.2) is 11.5 Å². The third-order valence-electron chi connectivity index (χ3n) is 8.46. The highest BCUT2D eigenvalue weighted by molar-refractivity contribution is 5.97. The number of hydrogen-bond acceptors (Lipinski definition) is 7. The van der Waals surface area contributed by atoms with Gasteiger partial charge in [-0.15, -0.1) is 10.2 Å². The summed E-state index contributed by atoms with van der Waals surface area (Å²) in [4.78, 5) is 31.1. The third kappa shape index (κ3) is 5.40. The number of carbonyl (C=O) groups excluding carboxylic acids is 2. The van der Waals surface area contributed by atoms with Crippen molar-refractivity contribution in [3.05, 3.63) is 66.2 Å². The number of nitrogens with zero attached hydrogens (tertiary/aromatic N) is 5. The molecule has 210 valence electrons. The van der Waals surface area contributed by atoms with Gasteiger partial charge >= 0.3 is 0 Å². The molecule has 3 aliphatic rings. The van der Waals surface area contributed by atoms with Gasteiger partial charge in [0.2, 0.25) is 5.91 Å². The van der Waals surface area contributed by atoms with Gasteiger partial charge in [-0.1, -0.05) is 12.1 Å². The molecule has 0 radical (unpaired) electrons. The molecule has 6 rings (SSSR count). The van der Waals surface area contributed by atoms with Gasteiger partial charge < -0.3 is 19.7 Å². The molecule has 2 fully saturated rings. The van der Waals surface area contributed by atoms with Crippen molar-refractivity contribution in [1.29, 1.82) is 0 Å². The maximum atomic E-state index is 13.6. The van der Waals surface area contributed by atoms with Crippen molar-refractivity contribution < 1.29 is 19.1 Å². The summed E-state index contributed by atoms with van der Waals surface area (Å²) < 4.78 is 13.5. The zero-order valence-electron chi connectivity index (χ0n) is 22.9. The SMILES string of the molecule is COc1ccc2cc1OCCCCN(C(=O)c1cccc(-n3cnnc3)c1)CC(=O)NC[C@H]1C[C@H]2N2CCC[C@@H]12. The van der Waals surface area contributed by atoms with Crippen molar-refractivity contribution >= 4 is 11.8 Å². The molecule has 40 heavy (non-hydrogen) atoms. The van der Waals surface area contributed by atoms with Gasteiger partial charge in [0.25, 0.3) is 5.91 Å². The van der Waals surface area contributed by atoms with Crippen LogP contribution in [0.25, 0.3) is 5.69 Å². The van der Waals surface area contributed by atoms with Crippen LogP contribution < -0.4 is 14.8 Å². The number of ether oxygens (including phenoxy) is 2. The normalized spacial score (nSPS) is 23.8. The van der Waals surface area contributed by atoms with Crippen LogP contribution in [0.4, 0.5) is 0 Å². The zero-order valence-corrected chi connectivity index (χ0v) is 22.9. The van der Waals surface area contributed by atoms with Crippen molar-refractivity contribution in [2.24, 2.45) is 5.92 Å². The zero-order chi connectivity index (χ0) is 27.5. The van der Waals surface area contributed by atoms with E-state index in [1.54, 1.807) is 41.4 Å². The Morgan fingerprint density at radius 3 is 2.80 bits per heavy atom. The number of aromatic nitrogens is 3. The molecular formula is C30H36N6O4. The average molecular weight is 545 g/mol. The predicted molar refractivity (Wildman–Crippen MR) is 149 cm³/mol. The van der Waals surface area contributed by atoms with E-state index in [2.05, 4.69) is 32.5 Å². The highest BCUT2D eigenvalue weighted by Gasteiger charge is 2.44. The van der Waals surface area contributed by atoms with Gasteiger partial charge in [-0.05, 0) is 80.5 Å². The largest absolute Gasteiger partial charge is 0.493 e. The number of benzene rings is 2. The van der Waals surface area contributed by atoms with Gasteiger partial charge in [-0.3, -0.25) is 19.1 Å². The summed E-state index contributed by atoms with van der Waals surface area (Å²) in [6, 6.07) is 14.3. The first-order chi connectivity index (χ1) is 19.6. The number of fused-ring (bicyclic) bond motifs is 8. The molecule has 0 saturated carbocycles. The Bertz CT molecular complexity index is 1350. The van der Waals surface area contributed by atoms with Crippen LogP contribution in [0.3, 0.4) is 0 Å². The molecular weight excluding hydrogens is 508 g/mol. The fourth-order valence-electron chi connectivity index (χ4n) is 6.48. The van der Waals surface area contributed by atoms with Crippen LogP contribution >= 0.6 is 0 Å². The summed E-state index contributed by atoms with van der Waals surface area (Å²) in [5.74, 6) is 1.56. The minimum absolute atomic E-state index is 0.0218. The second-order valence-corrected chi connectivity index (χ2v) is 10.9. The van der Waals surface area contributed by atoms with E-state index in [0.717, 1.165) is 43.0 Å². The second kappa shape index (κ2) is 11.7. The summed E-state index contributed by atoms with van der Waals surface area (Å²) in [5, 5.41) is 10.9. The Balaban J connectivity index is 1.23. The Kier molecular flexibility index (Phi) is 7.68. The second-order valence-electron chi connectivity index (χ2n) is 10.9. The number of nitrogens with one attached hydrogen (secondary N) is 1. The number of carbonyl (C=O) groups is 2. The number of hydrogen-bond donors (Lipinski definition) is 1. The van der Waals surface area contributed by atoms with Crippen LogP contribution in [-0.2, 0) is 4.79 Å². The quantitative estimate of drug-likeness (QED) is 0.540. The summed E-state index contributed by atoms with van der Waals surface area (Å²) in [7, 11) is 1.67. The van der Waals surface area contributed by atoms with E-state index >= 15 is 0 Å². The van der Waals surface area contributed by atoms with Gasteiger partial charge in [-0.25, -0.2) is 0 Å². The summed E-state index contributed by atoms with van der Waals surface area (Å²) >= 11 is 0. The van der Waals surface area contributed by atoms with E-state index in [4.69, 9.17) is 9.47 Å². The summed E-state index contributed by atoms with van der Waals surface area (Å²) in [6.07, 6.45) is 7.91. The molecule has 3 atom stereocenters. The lowest BCUT2D eigenvalue weighted by Crippen LogP contribution is -2.43. The fourth-order valence-corrected chi connectivity index (χ4v) is 6.48. The first-order valence-electron chi connectivity index (χ1n) is 14.2. The van der Waals surface area contributed by atoms with Crippen molar-refractivity contribution in [3.8, 4) is 17.2 Å². The minimum Gasteiger partial charge on any atom is -0.493 e. The van der Waals surface area contributed by atoms with Crippen LogP contribution in [0.15, 0.2) is 55.1 Å². The Hall–Kier alpha value is -3.92. The summed E-state index contributed by atoms with van der Waals surface area (Å²) in [6.45, 7) is 2.65. The van der Waals surface area contributed by atoms with Crippen molar-refractivity contribution in [1.82, 2.24) is 29.9 Å². The van der Waals surface area contributed by atoms with E-state index in [1.165, 1.54) is 12.0 Å². The predicted octanol–water partition coefficient (Wildman–Crippen LogP) is 3.23. The van der Waals surface area contributed by atoms with Crippen molar-refractivity contribution in [2.45, 2.75) is 44.2 Å². The number of amides is 2. The maximum Gasteiger partial charge on any atom is 0.254 e. The van der Waals surface area contributed by atoms with Crippen LogP contribution in [0.2, 0.25) is 0 Å². The van der Waals surface area contributed by atoms with Crippen LogP contribution in [0.5, 0.6) is 11.5 Å². The lowest BCUT2D eigenvalue weighted by molar-refractivity contribution is -0.122. The molecule has 10 nitrogen and oxygen atoms in total. The van der Waals surface area contributed by atoms with Gasteiger partial charge in [0.05, 0.1) is 20.3 Å². The van der Waals surface area contributed by atoms with Crippen LogP contribution in [0.1, 0.15) is 54.1 Å². The van der Waals surface area contributed by atoms with Gasteiger partial charge in [0, 0.05) is 36.4 Å². The van der Waals surface area contributed by atoms with Gasteiger partial charge in [0.1, 0.15) is 12.7 Å². The Morgan fingerprint density at radius 2 is 1.95 bits per heavy atom. The molecule has 0 spiro atoms. The smallest absolute Gasteiger partial charge is 0.254 e. The van der Waals surface area contributed by atoms with Gasteiger partial charge in [-0.2, -0.15) is 0 Å². The lowest BCUT2D eigenvalue weighted by Gasteiger charge is -2.25. The van der Waals surface area contributed by atoms with Crippen molar-refractivity contribution in [3.63, 3.8) is 0 Å². The summed E-state index contributed by atoms with van der Waals surface area (Å²) in [5.41, 5.74) is 2.55. The molecule has 2 amide bonds. The molecule has 4 heterocycles. The first kappa shape index (κ1) is 26.3. The van der Waals surface area contributed by atoms with E-state index < -0.39 is 0 Å². The Morgan fingerprint density at radius 1 is 1.07 bits per heavy atom. The third-order valence-corrected chi connectivity index (χ3v) is 8.46. The van der Waals surface area contributed by atoms with Crippen LogP contribution in [-0.4, -0.2) is 82.3 Å². The Labute approximate surface area is 234 Å². The standard InChI is InChI=1S/C30H36N6O4/c1-39-27-10-9-21-16-28(27)40-13-3-2-11-34(30(38)22-6-4-7-24(14-22)35-19-32-33-20-35)18-29(37)31-17-23-15-26(21)36-12-5-8-25(23)36/h4,6-7,9-10,14,16,19-20,23,25-26H,2-3,5,8,11-13,15,17-18H2,1H3,(H,31,37)/t23-,25+,26-/m1/s1. The molecule has 1 aromatic heterocycles. The molecule has 3 aliphatic heterocycles. The molecule has 0 aliphatic carbocycles. The fraction of sp³-hybridized carbons (Fsp3) is 0.467. The van der Waals surface area contributed by atoms with E-state index in [0.29, 0.717) is 49.7 Å². The lowest BCUT2D eigenvalue weighted by atomic mass is 9.94. The molecule has 1 N–H and O–H groups in total. The maximum absolute atomic E-state index is 13.6. The molecule has 3 aromatic rings. The van der Waals surface area contributed by atoms with E-state index in [1.807, 2.05) is 18.2 Å². The number of methoxy groups -OCH3 is 1. The van der Waals surface area contributed by atoms with Crippen LogP contribution in [0, 0.1) is 5.92 Å². The monoisotopic (exact) mass is 544 g/mol. The topological polar surface area (TPSA) is 102 Å². The molecule has 4 bridgehead atoms. The van der Waals surface area contributed by atoms with E-state index in [-0.39, 0.29) is 18.4 Å². The van der Waals surface area contributed by atoms with Crippen molar-refractivity contribution in [2.75, 3.05) is 39.9 Å². The van der Waals surface area contributed by atoms with E-state index in [9.17, 15) is 9.59 Å². The minimum atomic E-state index is -0.177. The molecule has 2 saturated heterocycles. The number of rotatable bonds is 3. The molecule has 2 aromatic carbocycles. The highest BCUT2D eigenvalue weighted by atomic mass is 16.5. The highest BCUT2D eigenvalue weighted by Crippen LogP contribution is 2.46. The molecule has 0 unspecified atom stereocenters. The average Bonchev–Trinajstić information content (AvgIpc) is 3.74.